The van der Waals surface area contributed by atoms with E-state index in [4.69, 9.17) is 7.85 Å². The topological polar surface area (TPSA) is 29.4 Å². The zero-order valence-electron chi connectivity index (χ0n) is 8.95. The molecule has 0 spiro atoms. The lowest BCUT2D eigenvalue weighted by molar-refractivity contribution is 0.722. The molecule has 2 radical (unpaired) electrons. The Labute approximate surface area is 88.5 Å². The first kappa shape index (κ1) is 13.4. The number of hydrogen-bond acceptors (Lipinski definition) is 2. The van der Waals surface area contributed by atoms with Crippen LogP contribution in [0.3, 0.4) is 0 Å². The quantitative estimate of drug-likeness (QED) is 0.225. The molecular weight excluding hydrogens is 173 g/mol. The molecule has 0 aromatic heterocycles. The molecule has 0 atom stereocenters. The number of hydrogen-bond donors (Lipinski definition) is 0. The fraction of sp³-hybridized carbons (Fsp3) is 0.818. The monoisotopic (exact) mass is 193 g/mol. The Hall–Kier alpha value is -0.595. The van der Waals surface area contributed by atoms with Crippen molar-refractivity contribution in [3.63, 3.8) is 0 Å². The lowest BCUT2D eigenvalue weighted by atomic mass is 9.99. The summed E-state index contributed by atoms with van der Waals surface area (Å²) in [4.78, 5) is 9.76. The molecule has 0 rings (SSSR count). The van der Waals surface area contributed by atoms with Gasteiger partial charge in [0.15, 0.2) is 0 Å². The summed E-state index contributed by atoms with van der Waals surface area (Å²) in [7, 11) is 5.39. The predicted molar refractivity (Wildman–Crippen MR) is 62.7 cm³/mol. The largest absolute Gasteiger partial charge is 0.151 e. The van der Waals surface area contributed by atoms with Crippen LogP contribution >= 0.6 is 0 Å². The van der Waals surface area contributed by atoms with Gasteiger partial charge in [0.2, 0.25) is 0 Å². The van der Waals surface area contributed by atoms with Crippen molar-refractivity contribution in [1.82, 2.24) is 0 Å². The standard InChI is InChI=1S/C11H20BNO/c12-10-8-6-4-2-1-3-5-7-9-11-13-14/h1,3H,2,4-11H2/b3-1-. The Morgan fingerprint density at radius 2 is 1.57 bits per heavy atom. The van der Waals surface area contributed by atoms with Crippen molar-refractivity contribution in [3.05, 3.63) is 17.1 Å². The van der Waals surface area contributed by atoms with Crippen LogP contribution in [0.1, 0.15) is 44.9 Å². The zero-order chi connectivity index (χ0) is 10.5. The minimum absolute atomic E-state index is 0.463. The van der Waals surface area contributed by atoms with E-state index < -0.39 is 0 Å². The fourth-order valence-electron chi connectivity index (χ4n) is 1.26. The SMILES string of the molecule is [B]CCCCC/C=C\CCCCN=O. The first-order valence-corrected chi connectivity index (χ1v) is 5.56. The van der Waals surface area contributed by atoms with E-state index in [0.717, 1.165) is 38.4 Å². The van der Waals surface area contributed by atoms with Crippen molar-refractivity contribution in [1.29, 1.82) is 0 Å². The summed E-state index contributed by atoms with van der Waals surface area (Å²) < 4.78 is 0. The molecule has 0 N–H and O–H groups in total. The van der Waals surface area contributed by atoms with Gasteiger partial charge in [-0.1, -0.05) is 36.5 Å². The number of nitroso groups, excluding NO2 is 1. The lowest BCUT2D eigenvalue weighted by Crippen LogP contribution is -1.78. The highest BCUT2D eigenvalue weighted by Gasteiger charge is 1.86. The smallest absolute Gasteiger partial charge is 0.0811 e. The Balaban J connectivity index is 2.99. The van der Waals surface area contributed by atoms with Crippen LogP contribution < -0.4 is 0 Å². The second-order valence-corrected chi connectivity index (χ2v) is 3.46. The summed E-state index contributed by atoms with van der Waals surface area (Å²) in [5, 5.41) is 2.82. The summed E-state index contributed by atoms with van der Waals surface area (Å²) in [5.74, 6) is 0. The first-order valence-electron chi connectivity index (χ1n) is 5.56. The van der Waals surface area contributed by atoms with Crippen LogP contribution in [0.15, 0.2) is 17.3 Å². The molecule has 0 saturated heterocycles. The molecular formula is C11H20BNO. The van der Waals surface area contributed by atoms with E-state index in [1.165, 1.54) is 12.8 Å². The minimum atomic E-state index is 0.463. The van der Waals surface area contributed by atoms with E-state index in [0.29, 0.717) is 6.54 Å². The molecule has 0 heterocycles. The highest BCUT2D eigenvalue weighted by atomic mass is 16.3. The molecule has 0 saturated carbocycles. The van der Waals surface area contributed by atoms with Gasteiger partial charge in [0, 0.05) is 0 Å². The summed E-state index contributed by atoms with van der Waals surface area (Å²) in [6, 6.07) is 0. The molecule has 0 aliphatic heterocycles. The Bertz CT molecular complexity index is 148. The first-order chi connectivity index (χ1) is 6.91. The molecule has 0 unspecified atom stereocenters. The number of allylic oxidation sites excluding steroid dienone is 2. The van der Waals surface area contributed by atoms with Crippen molar-refractivity contribution in [2.24, 2.45) is 5.18 Å². The average Bonchev–Trinajstić information content (AvgIpc) is 2.21. The highest BCUT2D eigenvalue weighted by molar-refractivity contribution is 6.08. The van der Waals surface area contributed by atoms with Crippen molar-refractivity contribution < 1.29 is 0 Å². The van der Waals surface area contributed by atoms with Crippen LogP contribution in [0.4, 0.5) is 0 Å². The van der Waals surface area contributed by atoms with E-state index in [1.54, 1.807) is 0 Å². The molecule has 0 bridgehead atoms. The molecule has 0 aliphatic carbocycles. The lowest BCUT2D eigenvalue weighted by Gasteiger charge is -1.94. The normalized spacial score (nSPS) is 10.9. The van der Waals surface area contributed by atoms with Gasteiger partial charge in [-0.15, -0.1) is 0 Å². The molecule has 0 aliphatic rings. The molecule has 2 nitrogen and oxygen atoms in total. The second kappa shape index (κ2) is 12.4. The molecule has 0 amide bonds. The Kier molecular flexibility index (Phi) is 11.9. The van der Waals surface area contributed by atoms with Gasteiger partial charge in [-0.2, -0.15) is 4.91 Å². The van der Waals surface area contributed by atoms with Crippen LogP contribution in [0.2, 0.25) is 6.32 Å². The molecule has 0 fully saturated rings. The minimum Gasteiger partial charge on any atom is -0.151 e. The van der Waals surface area contributed by atoms with E-state index in [9.17, 15) is 4.91 Å². The summed E-state index contributed by atoms with van der Waals surface area (Å²) >= 11 is 0. The third-order valence-electron chi connectivity index (χ3n) is 2.11. The number of unbranched alkanes of at least 4 members (excludes halogenated alkanes) is 5. The molecule has 14 heavy (non-hydrogen) atoms. The average molecular weight is 193 g/mol. The van der Waals surface area contributed by atoms with Crippen LogP contribution in [0.25, 0.3) is 0 Å². The van der Waals surface area contributed by atoms with Crippen molar-refractivity contribution in [3.8, 4) is 0 Å². The fourth-order valence-corrected chi connectivity index (χ4v) is 1.26. The Morgan fingerprint density at radius 1 is 0.929 bits per heavy atom. The summed E-state index contributed by atoms with van der Waals surface area (Å²) in [6.45, 7) is 0.463. The van der Waals surface area contributed by atoms with Gasteiger partial charge in [-0.25, -0.2) is 0 Å². The van der Waals surface area contributed by atoms with Crippen LogP contribution in [0.5, 0.6) is 0 Å². The van der Waals surface area contributed by atoms with Gasteiger partial charge in [0.1, 0.15) is 0 Å². The maximum Gasteiger partial charge on any atom is 0.0811 e. The molecule has 78 valence electrons. The summed E-state index contributed by atoms with van der Waals surface area (Å²) in [5.41, 5.74) is 0. The molecule has 0 aromatic carbocycles. The predicted octanol–water partition coefficient (Wildman–Crippen LogP) is 3.63. The van der Waals surface area contributed by atoms with Gasteiger partial charge in [-0.3, -0.25) is 0 Å². The van der Waals surface area contributed by atoms with Crippen LogP contribution in [-0.4, -0.2) is 14.4 Å². The van der Waals surface area contributed by atoms with Gasteiger partial charge < -0.3 is 0 Å². The summed E-state index contributed by atoms with van der Waals surface area (Å²) in [6.07, 6.45) is 13.1. The maximum atomic E-state index is 9.76. The van der Waals surface area contributed by atoms with E-state index in [-0.39, 0.29) is 0 Å². The van der Waals surface area contributed by atoms with Crippen LogP contribution in [-0.2, 0) is 0 Å². The van der Waals surface area contributed by atoms with Gasteiger partial charge in [0.05, 0.1) is 14.4 Å². The van der Waals surface area contributed by atoms with E-state index >= 15 is 0 Å². The van der Waals surface area contributed by atoms with Crippen molar-refractivity contribution in [2.75, 3.05) is 6.54 Å². The third kappa shape index (κ3) is 11.4. The van der Waals surface area contributed by atoms with Crippen LogP contribution in [0, 0.1) is 4.91 Å². The zero-order valence-corrected chi connectivity index (χ0v) is 8.95. The molecule has 3 heteroatoms. The Morgan fingerprint density at radius 3 is 2.14 bits per heavy atom. The second-order valence-electron chi connectivity index (χ2n) is 3.46. The maximum absolute atomic E-state index is 9.76. The third-order valence-corrected chi connectivity index (χ3v) is 2.11. The highest BCUT2D eigenvalue weighted by Crippen LogP contribution is 2.04. The van der Waals surface area contributed by atoms with Gasteiger partial charge in [0.25, 0.3) is 0 Å². The van der Waals surface area contributed by atoms with E-state index in [1.807, 2.05) is 0 Å². The number of rotatable bonds is 10. The number of nitrogens with zero attached hydrogens (tertiary/aromatic N) is 1. The molecule has 0 aromatic rings. The van der Waals surface area contributed by atoms with Gasteiger partial charge in [-0.05, 0) is 32.1 Å². The van der Waals surface area contributed by atoms with Gasteiger partial charge >= 0.3 is 0 Å². The van der Waals surface area contributed by atoms with Crippen molar-refractivity contribution >= 4 is 7.85 Å². The van der Waals surface area contributed by atoms with Crippen molar-refractivity contribution in [2.45, 2.75) is 51.3 Å². The van der Waals surface area contributed by atoms with E-state index in [2.05, 4.69) is 17.3 Å².